The Hall–Kier alpha value is -3.35. The molecule has 0 fully saturated rings. The summed E-state index contributed by atoms with van der Waals surface area (Å²) in [5, 5.41) is 9.89. The number of benzene rings is 1. The van der Waals surface area contributed by atoms with E-state index in [2.05, 4.69) is 20.7 Å². The van der Waals surface area contributed by atoms with Crippen LogP contribution in [0.2, 0.25) is 0 Å². The predicted molar refractivity (Wildman–Crippen MR) is 93.4 cm³/mol. The fourth-order valence-corrected chi connectivity index (χ4v) is 2.24. The largest absolute Gasteiger partial charge is 0.481 e. The highest BCUT2D eigenvalue weighted by atomic mass is 16.5. The van der Waals surface area contributed by atoms with E-state index in [4.69, 9.17) is 4.74 Å². The number of para-hydroxylation sites is 1. The molecular formula is C18H19N5O2. The van der Waals surface area contributed by atoms with Crippen LogP contribution in [-0.2, 0) is 13.1 Å². The minimum Gasteiger partial charge on any atom is -0.481 e. The number of urea groups is 1. The average Bonchev–Trinajstić information content (AvgIpc) is 3.15. The van der Waals surface area contributed by atoms with Crippen molar-refractivity contribution in [2.75, 3.05) is 7.11 Å². The van der Waals surface area contributed by atoms with Gasteiger partial charge in [-0.15, -0.1) is 0 Å². The van der Waals surface area contributed by atoms with E-state index in [1.165, 1.54) is 0 Å². The topological polar surface area (TPSA) is 81.1 Å². The number of nitrogens with one attached hydrogen (secondary N) is 2. The molecule has 7 nitrogen and oxygen atoms in total. The second-order valence-corrected chi connectivity index (χ2v) is 5.37. The second-order valence-electron chi connectivity index (χ2n) is 5.37. The lowest BCUT2D eigenvalue weighted by Gasteiger charge is -2.07. The van der Waals surface area contributed by atoms with E-state index in [1.54, 1.807) is 30.3 Å². The summed E-state index contributed by atoms with van der Waals surface area (Å²) in [7, 11) is 1.56. The molecule has 7 heteroatoms. The van der Waals surface area contributed by atoms with Crippen LogP contribution in [-0.4, -0.2) is 27.9 Å². The summed E-state index contributed by atoms with van der Waals surface area (Å²) in [6.07, 6.45) is 5.30. The zero-order valence-electron chi connectivity index (χ0n) is 13.8. The first-order valence-electron chi connectivity index (χ1n) is 7.84. The van der Waals surface area contributed by atoms with Crippen molar-refractivity contribution in [1.82, 2.24) is 25.4 Å². The summed E-state index contributed by atoms with van der Waals surface area (Å²) in [4.78, 5) is 16.0. The van der Waals surface area contributed by atoms with Gasteiger partial charge in [-0.25, -0.2) is 14.5 Å². The van der Waals surface area contributed by atoms with Crippen molar-refractivity contribution in [1.29, 1.82) is 0 Å². The van der Waals surface area contributed by atoms with Gasteiger partial charge in [-0.05, 0) is 17.7 Å². The zero-order chi connectivity index (χ0) is 17.5. The molecule has 128 valence electrons. The van der Waals surface area contributed by atoms with Gasteiger partial charge in [0.15, 0.2) is 0 Å². The van der Waals surface area contributed by atoms with Crippen molar-refractivity contribution >= 4 is 6.03 Å². The number of pyridine rings is 1. The van der Waals surface area contributed by atoms with E-state index in [0.29, 0.717) is 19.0 Å². The van der Waals surface area contributed by atoms with Crippen LogP contribution >= 0.6 is 0 Å². The van der Waals surface area contributed by atoms with Gasteiger partial charge in [0.25, 0.3) is 0 Å². The molecule has 2 aromatic heterocycles. The molecule has 3 aromatic rings. The molecule has 2 N–H and O–H groups in total. The molecule has 0 spiro atoms. The second kappa shape index (κ2) is 7.96. The van der Waals surface area contributed by atoms with Gasteiger partial charge in [0.2, 0.25) is 5.88 Å². The summed E-state index contributed by atoms with van der Waals surface area (Å²) in [6, 6.07) is 13.2. The number of nitrogens with zero attached hydrogens (tertiary/aromatic N) is 3. The van der Waals surface area contributed by atoms with Crippen LogP contribution in [0.25, 0.3) is 5.69 Å². The lowest BCUT2D eigenvalue weighted by Crippen LogP contribution is -2.34. The molecule has 1 aromatic carbocycles. The molecule has 2 amide bonds. The van der Waals surface area contributed by atoms with Crippen LogP contribution in [0.3, 0.4) is 0 Å². The molecule has 0 radical (unpaired) electrons. The lowest BCUT2D eigenvalue weighted by molar-refractivity contribution is 0.240. The number of hydrogen-bond donors (Lipinski definition) is 2. The molecular weight excluding hydrogens is 318 g/mol. The van der Waals surface area contributed by atoms with Crippen LogP contribution in [0.4, 0.5) is 4.79 Å². The Morgan fingerprint density at radius 3 is 2.48 bits per heavy atom. The van der Waals surface area contributed by atoms with Crippen LogP contribution in [0.5, 0.6) is 5.88 Å². The van der Waals surface area contributed by atoms with Crippen molar-refractivity contribution in [2.45, 2.75) is 13.1 Å². The van der Waals surface area contributed by atoms with Crippen LogP contribution < -0.4 is 15.4 Å². The maximum atomic E-state index is 11.9. The first-order valence-corrected chi connectivity index (χ1v) is 7.84. The monoisotopic (exact) mass is 337 g/mol. The minimum atomic E-state index is -0.247. The third kappa shape index (κ3) is 4.57. The Morgan fingerprint density at radius 2 is 1.80 bits per heavy atom. The average molecular weight is 337 g/mol. The van der Waals surface area contributed by atoms with Gasteiger partial charge in [-0.2, -0.15) is 5.10 Å². The van der Waals surface area contributed by atoms with E-state index in [-0.39, 0.29) is 6.03 Å². The number of amides is 2. The normalized spacial score (nSPS) is 10.3. The van der Waals surface area contributed by atoms with E-state index in [9.17, 15) is 4.79 Å². The summed E-state index contributed by atoms with van der Waals surface area (Å²) in [5.74, 6) is 0.545. The molecule has 0 aliphatic rings. The Morgan fingerprint density at radius 1 is 1.04 bits per heavy atom. The highest BCUT2D eigenvalue weighted by Gasteiger charge is 2.04. The Labute approximate surface area is 145 Å². The van der Waals surface area contributed by atoms with E-state index in [0.717, 1.165) is 16.8 Å². The summed E-state index contributed by atoms with van der Waals surface area (Å²) in [6.45, 7) is 0.797. The van der Waals surface area contributed by atoms with Gasteiger partial charge in [-0.1, -0.05) is 24.3 Å². The third-order valence-electron chi connectivity index (χ3n) is 3.57. The Balaban J connectivity index is 1.46. The minimum absolute atomic E-state index is 0.247. The number of carbonyl (C=O) groups is 1. The highest BCUT2D eigenvalue weighted by Crippen LogP contribution is 2.08. The molecule has 2 heterocycles. The molecule has 0 aliphatic carbocycles. The van der Waals surface area contributed by atoms with Crippen molar-refractivity contribution in [2.24, 2.45) is 0 Å². The number of rotatable bonds is 6. The first kappa shape index (κ1) is 16.5. The van der Waals surface area contributed by atoms with Gasteiger partial charge in [-0.3, -0.25) is 0 Å². The molecule has 0 saturated heterocycles. The van der Waals surface area contributed by atoms with Crippen molar-refractivity contribution in [3.8, 4) is 11.6 Å². The molecule has 0 saturated carbocycles. The van der Waals surface area contributed by atoms with Gasteiger partial charge < -0.3 is 15.4 Å². The van der Waals surface area contributed by atoms with Gasteiger partial charge >= 0.3 is 6.03 Å². The Bertz CT molecular complexity index is 815. The number of aromatic nitrogens is 3. The SMILES string of the molecule is COc1ccc(CNC(=O)NCc2cnn(-c3ccccc3)c2)cn1. The predicted octanol–water partition coefficient (Wildman–Crippen LogP) is 2.28. The number of ether oxygens (including phenoxy) is 1. The van der Waals surface area contributed by atoms with Gasteiger partial charge in [0, 0.05) is 37.1 Å². The third-order valence-corrected chi connectivity index (χ3v) is 3.57. The summed E-state index contributed by atoms with van der Waals surface area (Å²) >= 11 is 0. The van der Waals surface area contributed by atoms with Crippen LogP contribution in [0.15, 0.2) is 61.1 Å². The number of methoxy groups -OCH3 is 1. The zero-order valence-corrected chi connectivity index (χ0v) is 13.8. The smallest absolute Gasteiger partial charge is 0.315 e. The first-order chi connectivity index (χ1) is 12.2. The van der Waals surface area contributed by atoms with Gasteiger partial charge in [0.1, 0.15) is 0 Å². The van der Waals surface area contributed by atoms with Crippen molar-refractivity contribution < 1.29 is 9.53 Å². The quantitative estimate of drug-likeness (QED) is 0.723. The van der Waals surface area contributed by atoms with E-state index in [1.807, 2.05) is 42.6 Å². The summed E-state index contributed by atoms with van der Waals surface area (Å²) < 4.78 is 6.77. The van der Waals surface area contributed by atoms with E-state index < -0.39 is 0 Å². The van der Waals surface area contributed by atoms with E-state index >= 15 is 0 Å². The maximum Gasteiger partial charge on any atom is 0.315 e. The van der Waals surface area contributed by atoms with Crippen molar-refractivity contribution in [3.05, 3.63) is 72.2 Å². The molecule has 25 heavy (non-hydrogen) atoms. The van der Waals surface area contributed by atoms with Crippen molar-refractivity contribution in [3.63, 3.8) is 0 Å². The number of carbonyl (C=O) groups excluding carboxylic acids is 1. The molecule has 0 unspecified atom stereocenters. The molecule has 0 aliphatic heterocycles. The Kier molecular flexibility index (Phi) is 5.26. The lowest BCUT2D eigenvalue weighted by atomic mass is 10.3. The molecule has 0 bridgehead atoms. The van der Waals surface area contributed by atoms with Crippen LogP contribution in [0.1, 0.15) is 11.1 Å². The fraction of sp³-hybridized carbons (Fsp3) is 0.167. The summed E-state index contributed by atoms with van der Waals surface area (Å²) in [5.41, 5.74) is 2.79. The molecule has 0 atom stereocenters. The van der Waals surface area contributed by atoms with Gasteiger partial charge in [0.05, 0.1) is 19.0 Å². The molecule has 3 rings (SSSR count). The maximum absolute atomic E-state index is 11.9. The van der Waals surface area contributed by atoms with Crippen LogP contribution in [0, 0.1) is 0 Å². The fourth-order valence-electron chi connectivity index (χ4n) is 2.24. The number of hydrogen-bond acceptors (Lipinski definition) is 4. The highest BCUT2D eigenvalue weighted by molar-refractivity contribution is 5.73. The standard InChI is InChI=1S/C18H19N5O2/c1-25-17-8-7-14(9-19-17)10-20-18(24)21-11-15-12-22-23(13-15)16-5-3-2-4-6-16/h2-9,12-13H,10-11H2,1H3,(H2,20,21,24).